The average Bonchev–Trinajstić information content (AvgIpc) is 3.18. The number of likely N-dealkylation sites (tertiary alicyclic amines) is 1. The summed E-state index contributed by atoms with van der Waals surface area (Å²) >= 11 is 0. The predicted molar refractivity (Wildman–Crippen MR) is 82.0 cm³/mol. The number of hydrogen-bond donors (Lipinski definition) is 2. The molecule has 0 unspecified atom stereocenters. The molecule has 1 aromatic rings. The first-order valence-electron chi connectivity index (χ1n) is 8.21. The van der Waals surface area contributed by atoms with Gasteiger partial charge in [-0.15, -0.1) is 5.10 Å². The summed E-state index contributed by atoms with van der Waals surface area (Å²) in [5.41, 5.74) is 0.224. The van der Waals surface area contributed by atoms with Crippen LogP contribution in [0, 0.1) is 11.3 Å². The van der Waals surface area contributed by atoms with Gasteiger partial charge in [0.2, 0.25) is 0 Å². The summed E-state index contributed by atoms with van der Waals surface area (Å²) in [7, 11) is 0. The van der Waals surface area contributed by atoms with Gasteiger partial charge >= 0.3 is 12.0 Å². The molecule has 7 nitrogen and oxygen atoms in total. The number of aromatic nitrogens is 2. The third-order valence-electron chi connectivity index (χ3n) is 5.50. The van der Waals surface area contributed by atoms with Gasteiger partial charge in [-0.2, -0.15) is 5.10 Å². The summed E-state index contributed by atoms with van der Waals surface area (Å²) in [4.78, 5) is 25.7. The number of aliphatic carboxylic acids is 1. The fraction of sp³-hybridized carbons (Fsp3) is 0.625. The molecule has 3 fully saturated rings. The van der Waals surface area contributed by atoms with Crippen LogP contribution in [0.3, 0.4) is 0 Å². The molecule has 2 atom stereocenters. The Morgan fingerprint density at radius 3 is 2.70 bits per heavy atom. The highest BCUT2D eigenvalue weighted by atomic mass is 16.4. The van der Waals surface area contributed by atoms with E-state index in [1.165, 1.54) is 0 Å². The number of nitrogens with one attached hydrogen (secondary N) is 1. The standard InChI is InChI=1S/C16H20N4O3/c21-14(22)16-7-1-2-11(16)8-20(9-16)15(23)17-13-6-5-12(18-19-13)10-3-4-10/h5-6,10-11H,1-4,7-9H2,(H,21,22)(H,17,19,23)/t11-,16+/m0/s1. The lowest BCUT2D eigenvalue weighted by Crippen LogP contribution is -2.38. The van der Waals surface area contributed by atoms with Gasteiger partial charge in [0.1, 0.15) is 0 Å². The van der Waals surface area contributed by atoms with Gasteiger partial charge in [0.05, 0.1) is 11.1 Å². The number of carbonyl (C=O) groups is 2. The van der Waals surface area contributed by atoms with Crippen LogP contribution >= 0.6 is 0 Å². The van der Waals surface area contributed by atoms with Gasteiger partial charge in [0.25, 0.3) is 0 Å². The highest BCUT2D eigenvalue weighted by Crippen LogP contribution is 2.48. The Bertz CT molecular complexity index is 643. The second-order valence-corrected chi connectivity index (χ2v) is 6.98. The third-order valence-corrected chi connectivity index (χ3v) is 5.50. The topological polar surface area (TPSA) is 95.4 Å². The Morgan fingerprint density at radius 1 is 1.26 bits per heavy atom. The van der Waals surface area contributed by atoms with Crippen LogP contribution in [0.15, 0.2) is 12.1 Å². The lowest BCUT2D eigenvalue weighted by atomic mass is 9.81. The molecular formula is C16H20N4O3. The summed E-state index contributed by atoms with van der Waals surface area (Å²) in [6, 6.07) is 3.38. The molecule has 1 saturated heterocycles. The number of carbonyl (C=O) groups excluding carboxylic acids is 1. The van der Waals surface area contributed by atoms with E-state index in [-0.39, 0.29) is 18.5 Å². The molecule has 23 heavy (non-hydrogen) atoms. The van der Waals surface area contributed by atoms with E-state index >= 15 is 0 Å². The maximum absolute atomic E-state index is 12.4. The van der Waals surface area contributed by atoms with Crippen molar-refractivity contribution in [2.75, 3.05) is 18.4 Å². The normalized spacial score (nSPS) is 29.4. The molecule has 122 valence electrons. The van der Waals surface area contributed by atoms with Crippen molar-refractivity contribution < 1.29 is 14.7 Å². The zero-order chi connectivity index (χ0) is 16.0. The first-order valence-corrected chi connectivity index (χ1v) is 8.21. The van der Waals surface area contributed by atoms with Crippen LogP contribution in [-0.4, -0.2) is 45.3 Å². The highest BCUT2D eigenvalue weighted by Gasteiger charge is 2.55. The number of carboxylic acid groups (broad SMARTS) is 1. The van der Waals surface area contributed by atoms with Crippen LogP contribution in [-0.2, 0) is 4.79 Å². The minimum atomic E-state index is -0.774. The summed E-state index contributed by atoms with van der Waals surface area (Å²) in [5, 5.41) is 20.5. The van der Waals surface area contributed by atoms with Crippen LogP contribution in [0.4, 0.5) is 10.6 Å². The van der Waals surface area contributed by atoms with Crippen LogP contribution in [0.25, 0.3) is 0 Å². The minimum Gasteiger partial charge on any atom is -0.481 e. The molecule has 0 aromatic carbocycles. The van der Waals surface area contributed by atoms with E-state index in [9.17, 15) is 14.7 Å². The SMILES string of the molecule is O=C(Nc1ccc(C2CC2)nn1)N1C[C@@H]2CCC[C@@]2(C(=O)O)C1. The smallest absolute Gasteiger partial charge is 0.323 e. The van der Waals surface area contributed by atoms with E-state index in [0.717, 1.165) is 31.4 Å². The zero-order valence-electron chi connectivity index (χ0n) is 12.9. The first kappa shape index (κ1) is 14.4. The predicted octanol–water partition coefficient (Wildman–Crippen LogP) is 2.07. The molecule has 4 rings (SSSR count). The molecule has 1 aliphatic heterocycles. The quantitative estimate of drug-likeness (QED) is 0.890. The molecule has 0 bridgehead atoms. The Balaban J connectivity index is 1.42. The molecule has 3 aliphatic rings. The van der Waals surface area contributed by atoms with Crippen LogP contribution in [0.5, 0.6) is 0 Å². The number of anilines is 1. The van der Waals surface area contributed by atoms with Gasteiger partial charge in [-0.05, 0) is 43.7 Å². The van der Waals surface area contributed by atoms with E-state index < -0.39 is 11.4 Å². The van der Waals surface area contributed by atoms with Gasteiger partial charge in [-0.25, -0.2) is 4.79 Å². The lowest BCUT2D eigenvalue weighted by molar-refractivity contribution is -0.149. The second kappa shape index (κ2) is 5.18. The Labute approximate surface area is 134 Å². The number of rotatable bonds is 3. The van der Waals surface area contributed by atoms with Crippen molar-refractivity contribution >= 4 is 17.8 Å². The largest absolute Gasteiger partial charge is 0.481 e. The van der Waals surface area contributed by atoms with Crippen molar-refractivity contribution in [2.45, 2.75) is 38.0 Å². The maximum atomic E-state index is 12.4. The van der Waals surface area contributed by atoms with Gasteiger partial charge in [0, 0.05) is 19.0 Å². The fourth-order valence-electron chi connectivity index (χ4n) is 3.99. The van der Waals surface area contributed by atoms with Crippen LogP contribution < -0.4 is 5.32 Å². The van der Waals surface area contributed by atoms with Gasteiger partial charge < -0.3 is 10.0 Å². The third kappa shape index (κ3) is 2.44. The molecule has 0 radical (unpaired) electrons. The number of amides is 2. The number of urea groups is 1. The molecule has 2 amide bonds. The van der Waals surface area contributed by atoms with Crippen molar-refractivity contribution in [3.05, 3.63) is 17.8 Å². The molecular weight excluding hydrogens is 296 g/mol. The first-order chi connectivity index (χ1) is 11.1. The second-order valence-electron chi connectivity index (χ2n) is 6.98. The molecule has 2 saturated carbocycles. The Hall–Kier alpha value is -2.18. The van der Waals surface area contributed by atoms with E-state index in [0.29, 0.717) is 24.7 Å². The molecule has 2 N–H and O–H groups in total. The summed E-state index contributed by atoms with van der Waals surface area (Å²) in [5.74, 6) is 0.236. The summed E-state index contributed by atoms with van der Waals surface area (Å²) in [6.07, 6.45) is 4.79. The van der Waals surface area contributed by atoms with Crippen molar-refractivity contribution in [3.8, 4) is 0 Å². The summed E-state index contributed by atoms with van der Waals surface area (Å²) in [6.45, 7) is 0.790. The minimum absolute atomic E-state index is 0.0640. The molecule has 1 aromatic heterocycles. The van der Waals surface area contributed by atoms with E-state index in [1.807, 2.05) is 6.07 Å². The number of carboxylic acids is 1. The fourth-order valence-corrected chi connectivity index (χ4v) is 3.99. The van der Waals surface area contributed by atoms with E-state index in [2.05, 4.69) is 15.5 Å². The summed E-state index contributed by atoms with van der Waals surface area (Å²) < 4.78 is 0. The van der Waals surface area contributed by atoms with E-state index in [4.69, 9.17) is 0 Å². The number of nitrogens with zero attached hydrogens (tertiary/aromatic N) is 3. The number of fused-ring (bicyclic) bond motifs is 1. The highest BCUT2D eigenvalue weighted by molar-refractivity contribution is 5.89. The van der Waals surface area contributed by atoms with Gasteiger partial charge in [-0.3, -0.25) is 10.1 Å². The van der Waals surface area contributed by atoms with Gasteiger partial charge in [-0.1, -0.05) is 6.42 Å². The number of hydrogen-bond acceptors (Lipinski definition) is 4. The Kier molecular flexibility index (Phi) is 3.25. The molecule has 2 aliphatic carbocycles. The maximum Gasteiger partial charge on any atom is 0.323 e. The van der Waals surface area contributed by atoms with Gasteiger partial charge in [0.15, 0.2) is 5.82 Å². The monoisotopic (exact) mass is 316 g/mol. The lowest BCUT2D eigenvalue weighted by Gasteiger charge is -2.23. The van der Waals surface area contributed by atoms with Crippen LogP contribution in [0.1, 0.15) is 43.7 Å². The van der Waals surface area contributed by atoms with Crippen molar-refractivity contribution in [1.82, 2.24) is 15.1 Å². The van der Waals surface area contributed by atoms with E-state index in [1.54, 1.807) is 11.0 Å². The van der Waals surface area contributed by atoms with Crippen molar-refractivity contribution in [2.24, 2.45) is 11.3 Å². The molecule has 2 heterocycles. The van der Waals surface area contributed by atoms with Crippen molar-refractivity contribution in [3.63, 3.8) is 0 Å². The average molecular weight is 316 g/mol. The van der Waals surface area contributed by atoms with Crippen LogP contribution in [0.2, 0.25) is 0 Å². The molecule has 0 spiro atoms. The Morgan fingerprint density at radius 2 is 2.09 bits per heavy atom. The molecule has 7 heteroatoms. The van der Waals surface area contributed by atoms with Crippen molar-refractivity contribution in [1.29, 1.82) is 0 Å². The zero-order valence-corrected chi connectivity index (χ0v) is 12.9.